The molecule has 0 radical (unpaired) electrons. The number of benzene rings is 2. The normalized spacial score (nSPS) is 14.0. The molecule has 0 fully saturated rings. The SMILES string of the molecule is COCCOc1cc2c(N[C@@H](C)c3cccc(C(F)(F)C(C)(O)COC=O)c3F)nc(C)nc2cc1OC. The predicted molar refractivity (Wildman–Crippen MR) is 133 cm³/mol. The monoisotopic (exact) mass is 537 g/mol. The lowest BCUT2D eigenvalue weighted by molar-refractivity contribution is -0.202. The van der Waals surface area contributed by atoms with Crippen molar-refractivity contribution in [1.82, 2.24) is 9.97 Å². The molecular weight excluding hydrogens is 507 g/mol. The van der Waals surface area contributed by atoms with Crippen molar-refractivity contribution in [2.75, 3.05) is 39.4 Å². The van der Waals surface area contributed by atoms with Crippen LogP contribution in [0.2, 0.25) is 0 Å². The number of ether oxygens (including phenoxy) is 4. The van der Waals surface area contributed by atoms with Crippen molar-refractivity contribution >= 4 is 23.2 Å². The number of carbonyl (C=O) groups is 1. The smallest absolute Gasteiger partial charge is 0.307 e. The Balaban J connectivity index is 2.00. The van der Waals surface area contributed by atoms with Gasteiger partial charge in [-0.3, -0.25) is 4.79 Å². The zero-order valence-electron chi connectivity index (χ0n) is 21.7. The van der Waals surface area contributed by atoms with Crippen molar-refractivity contribution in [3.8, 4) is 11.5 Å². The second-order valence-electron chi connectivity index (χ2n) is 8.81. The number of rotatable bonds is 13. The van der Waals surface area contributed by atoms with Crippen LogP contribution in [0.5, 0.6) is 11.5 Å². The minimum absolute atomic E-state index is 0.0685. The highest BCUT2D eigenvalue weighted by Crippen LogP contribution is 2.42. The van der Waals surface area contributed by atoms with Crippen LogP contribution in [-0.2, 0) is 20.2 Å². The maximum absolute atomic E-state index is 15.5. The van der Waals surface area contributed by atoms with Crippen molar-refractivity contribution in [2.45, 2.75) is 38.3 Å². The molecule has 1 aromatic heterocycles. The van der Waals surface area contributed by atoms with Crippen LogP contribution in [0.15, 0.2) is 30.3 Å². The average Bonchev–Trinajstić information content (AvgIpc) is 2.87. The van der Waals surface area contributed by atoms with E-state index < -0.39 is 35.6 Å². The molecule has 2 atom stereocenters. The molecule has 1 heterocycles. The Morgan fingerprint density at radius 2 is 1.89 bits per heavy atom. The molecule has 3 rings (SSSR count). The summed E-state index contributed by atoms with van der Waals surface area (Å²) < 4.78 is 66.3. The van der Waals surface area contributed by atoms with Gasteiger partial charge in [-0.05, 0) is 32.9 Å². The Hall–Kier alpha value is -3.64. The summed E-state index contributed by atoms with van der Waals surface area (Å²) in [7, 11) is 3.04. The zero-order valence-corrected chi connectivity index (χ0v) is 21.7. The molecule has 0 saturated heterocycles. The van der Waals surface area contributed by atoms with Gasteiger partial charge in [-0.15, -0.1) is 0 Å². The van der Waals surface area contributed by atoms with E-state index in [1.807, 2.05) is 0 Å². The molecule has 0 aliphatic rings. The number of carbonyl (C=O) groups excluding carboxylic acids is 1. The Morgan fingerprint density at radius 1 is 1.16 bits per heavy atom. The molecule has 0 saturated carbocycles. The number of anilines is 1. The van der Waals surface area contributed by atoms with E-state index >= 15 is 13.2 Å². The number of nitrogens with one attached hydrogen (secondary N) is 1. The molecule has 2 N–H and O–H groups in total. The largest absolute Gasteiger partial charge is 0.493 e. The maximum Gasteiger partial charge on any atom is 0.307 e. The van der Waals surface area contributed by atoms with Gasteiger partial charge in [-0.1, -0.05) is 12.1 Å². The van der Waals surface area contributed by atoms with Crippen LogP contribution in [0.3, 0.4) is 0 Å². The topological polar surface area (TPSA) is 112 Å². The van der Waals surface area contributed by atoms with Crippen molar-refractivity contribution in [3.63, 3.8) is 0 Å². The van der Waals surface area contributed by atoms with Crippen molar-refractivity contribution in [3.05, 3.63) is 53.1 Å². The molecule has 3 aromatic rings. The standard InChI is InChI=1S/C26H30F3N3O6/c1-15(17-7-6-8-19(23(17)27)26(28,29)25(3,34)13-37-14-33)30-24-18-11-22(38-10-9-35-4)21(36-5)12-20(18)31-16(2)32-24/h6-8,11-12,14-15,34H,9-10,13H2,1-5H3,(H,30,31,32)/t15-,25?/m0/s1. The molecule has 12 heteroatoms. The number of alkyl halides is 2. The van der Waals surface area contributed by atoms with Gasteiger partial charge in [0.2, 0.25) is 0 Å². The highest BCUT2D eigenvalue weighted by atomic mass is 19.3. The summed E-state index contributed by atoms with van der Waals surface area (Å²) in [6.07, 6.45) is 0. The average molecular weight is 538 g/mol. The van der Waals surface area contributed by atoms with Crippen LogP contribution in [0.25, 0.3) is 10.9 Å². The van der Waals surface area contributed by atoms with Crippen LogP contribution < -0.4 is 14.8 Å². The molecule has 206 valence electrons. The molecule has 0 aliphatic carbocycles. The van der Waals surface area contributed by atoms with E-state index in [-0.39, 0.29) is 18.6 Å². The first-order valence-corrected chi connectivity index (χ1v) is 11.7. The second kappa shape index (κ2) is 11.8. The predicted octanol–water partition coefficient (Wildman–Crippen LogP) is 4.30. The summed E-state index contributed by atoms with van der Waals surface area (Å²) in [4.78, 5) is 19.3. The van der Waals surface area contributed by atoms with Gasteiger partial charge in [-0.25, -0.2) is 14.4 Å². The van der Waals surface area contributed by atoms with E-state index in [1.54, 1.807) is 33.1 Å². The van der Waals surface area contributed by atoms with Crippen molar-refractivity contribution in [1.29, 1.82) is 0 Å². The molecule has 9 nitrogen and oxygen atoms in total. The van der Waals surface area contributed by atoms with Gasteiger partial charge in [-0.2, -0.15) is 8.78 Å². The lowest BCUT2D eigenvalue weighted by Gasteiger charge is -2.32. The molecule has 0 amide bonds. The Morgan fingerprint density at radius 3 is 2.55 bits per heavy atom. The van der Waals surface area contributed by atoms with Gasteiger partial charge in [0, 0.05) is 24.1 Å². The van der Waals surface area contributed by atoms with E-state index in [2.05, 4.69) is 20.0 Å². The van der Waals surface area contributed by atoms with Gasteiger partial charge in [0.05, 0.1) is 30.8 Å². The van der Waals surface area contributed by atoms with Gasteiger partial charge in [0.1, 0.15) is 30.7 Å². The lowest BCUT2D eigenvalue weighted by Crippen LogP contribution is -2.47. The Bertz CT molecular complexity index is 1290. The number of aromatic nitrogens is 2. The lowest BCUT2D eigenvalue weighted by atomic mass is 9.90. The molecular formula is C26H30F3N3O6. The third kappa shape index (κ3) is 5.91. The minimum Gasteiger partial charge on any atom is -0.493 e. The Labute approximate surface area is 217 Å². The number of fused-ring (bicyclic) bond motifs is 1. The number of halogens is 3. The minimum atomic E-state index is -4.07. The quantitative estimate of drug-likeness (QED) is 0.243. The Kier molecular flexibility index (Phi) is 9.00. The number of aryl methyl sites for hydroxylation is 1. The number of nitrogens with zero attached hydrogens (tertiary/aromatic N) is 2. The third-order valence-electron chi connectivity index (χ3n) is 5.93. The fraction of sp³-hybridized carbons (Fsp3) is 0.423. The first-order chi connectivity index (χ1) is 18.0. The van der Waals surface area contributed by atoms with E-state index in [9.17, 15) is 9.90 Å². The first-order valence-electron chi connectivity index (χ1n) is 11.7. The van der Waals surface area contributed by atoms with Crippen LogP contribution in [0, 0.1) is 12.7 Å². The number of hydrogen-bond donors (Lipinski definition) is 2. The third-order valence-corrected chi connectivity index (χ3v) is 5.93. The summed E-state index contributed by atoms with van der Waals surface area (Å²) in [5, 5.41) is 13.9. The first kappa shape index (κ1) is 28.9. The molecule has 1 unspecified atom stereocenters. The van der Waals surface area contributed by atoms with Gasteiger partial charge in [0.25, 0.3) is 6.47 Å². The molecule has 0 spiro atoms. The summed E-state index contributed by atoms with van der Waals surface area (Å²) >= 11 is 0. The van der Waals surface area contributed by atoms with E-state index in [4.69, 9.17) is 14.2 Å². The summed E-state index contributed by atoms with van der Waals surface area (Å²) in [5.74, 6) is -3.70. The fourth-order valence-electron chi connectivity index (χ4n) is 3.86. The van der Waals surface area contributed by atoms with E-state index in [0.29, 0.717) is 40.7 Å². The van der Waals surface area contributed by atoms with Crippen molar-refractivity contribution in [2.24, 2.45) is 0 Å². The highest BCUT2D eigenvalue weighted by Gasteiger charge is 2.53. The summed E-state index contributed by atoms with van der Waals surface area (Å²) in [6.45, 7) is 3.54. The highest BCUT2D eigenvalue weighted by molar-refractivity contribution is 5.92. The van der Waals surface area contributed by atoms with E-state index in [1.165, 1.54) is 19.2 Å². The van der Waals surface area contributed by atoms with Crippen LogP contribution in [0.4, 0.5) is 19.0 Å². The van der Waals surface area contributed by atoms with Gasteiger partial charge < -0.3 is 29.4 Å². The van der Waals surface area contributed by atoms with Gasteiger partial charge >= 0.3 is 5.92 Å². The molecule has 2 aromatic carbocycles. The van der Waals surface area contributed by atoms with Crippen LogP contribution in [-0.4, -0.2) is 61.2 Å². The van der Waals surface area contributed by atoms with Crippen molar-refractivity contribution < 1.29 is 42.0 Å². The zero-order chi connectivity index (χ0) is 28.1. The van der Waals surface area contributed by atoms with Crippen LogP contribution in [0.1, 0.15) is 36.8 Å². The second-order valence-corrected chi connectivity index (χ2v) is 8.81. The van der Waals surface area contributed by atoms with Gasteiger partial charge in [0.15, 0.2) is 17.1 Å². The number of hydrogen-bond acceptors (Lipinski definition) is 9. The maximum atomic E-state index is 15.5. The summed E-state index contributed by atoms with van der Waals surface area (Å²) in [5.41, 5.74) is -3.45. The van der Waals surface area contributed by atoms with E-state index in [0.717, 1.165) is 13.0 Å². The molecule has 0 aliphatic heterocycles. The number of methoxy groups -OCH3 is 2. The van der Waals surface area contributed by atoms with Crippen LogP contribution >= 0.6 is 0 Å². The number of aliphatic hydroxyl groups is 1. The molecule has 0 bridgehead atoms. The molecule has 38 heavy (non-hydrogen) atoms. The summed E-state index contributed by atoms with van der Waals surface area (Å²) in [6, 6.07) is 5.99. The fourth-order valence-corrected chi connectivity index (χ4v) is 3.86.